The molecule has 7 heteroatoms. The Morgan fingerprint density at radius 2 is 1.85 bits per heavy atom. The Bertz CT molecular complexity index is 733. The summed E-state index contributed by atoms with van der Waals surface area (Å²) in [6, 6.07) is 6.04. The van der Waals surface area contributed by atoms with E-state index in [0.29, 0.717) is 31.0 Å². The topological polar surface area (TPSA) is 89.9 Å². The van der Waals surface area contributed by atoms with E-state index in [0.717, 1.165) is 31.4 Å². The molecule has 3 fully saturated rings. The van der Waals surface area contributed by atoms with Crippen LogP contribution in [0.15, 0.2) is 24.3 Å². The minimum absolute atomic E-state index is 0.0291. The van der Waals surface area contributed by atoms with Crippen molar-refractivity contribution in [3.8, 4) is 0 Å². The molecule has 26 heavy (non-hydrogen) atoms. The smallest absolute Gasteiger partial charge is 0.326 e. The zero-order valence-electron chi connectivity index (χ0n) is 14.6. The number of urea groups is 1. The number of hydrogen-bond donors (Lipinski definition) is 2. The van der Waals surface area contributed by atoms with E-state index in [1.165, 1.54) is 0 Å². The maximum atomic E-state index is 13.1. The average Bonchev–Trinajstić information content (AvgIpc) is 3.25. The molecular formula is C19H23N3O4. The largest absolute Gasteiger partial charge is 0.480 e. The molecule has 0 aromatic heterocycles. The monoisotopic (exact) mass is 357 g/mol. The number of carboxylic acid groups (broad SMARTS) is 1. The van der Waals surface area contributed by atoms with Gasteiger partial charge in [0, 0.05) is 30.4 Å². The fourth-order valence-corrected chi connectivity index (χ4v) is 4.62. The Labute approximate surface area is 152 Å². The van der Waals surface area contributed by atoms with Crippen LogP contribution in [0, 0.1) is 5.92 Å². The van der Waals surface area contributed by atoms with Gasteiger partial charge in [-0.15, -0.1) is 0 Å². The molecule has 3 aliphatic rings. The lowest BCUT2D eigenvalue weighted by Crippen LogP contribution is -2.46. The number of benzene rings is 1. The van der Waals surface area contributed by atoms with E-state index in [2.05, 4.69) is 5.32 Å². The van der Waals surface area contributed by atoms with Gasteiger partial charge in [0.05, 0.1) is 0 Å². The van der Waals surface area contributed by atoms with E-state index in [1.54, 1.807) is 34.1 Å². The Kier molecular flexibility index (Phi) is 4.30. The second-order valence-electron chi connectivity index (χ2n) is 7.34. The molecule has 1 aromatic rings. The predicted octanol–water partition coefficient (Wildman–Crippen LogP) is 2.07. The molecule has 1 aromatic carbocycles. The van der Waals surface area contributed by atoms with E-state index in [1.807, 2.05) is 0 Å². The van der Waals surface area contributed by atoms with Gasteiger partial charge < -0.3 is 15.3 Å². The molecule has 2 heterocycles. The van der Waals surface area contributed by atoms with Crippen LogP contribution in [-0.2, 0) is 4.79 Å². The Balaban J connectivity index is 1.57. The molecule has 0 bridgehead atoms. The third-order valence-electron chi connectivity index (χ3n) is 5.89. The number of aliphatic carboxylic acids is 1. The normalized spacial score (nSPS) is 28.0. The summed E-state index contributed by atoms with van der Waals surface area (Å²) in [5.74, 6) is -0.844. The van der Waals surface area contributed by atoms with Crippen LogP contribution in [0.4, 0.5) is 10.5 Å². The number of anilines is 1. The average molecular weight is 357 g/mol. The van der Waals surface area contributed by atoms with Crippen LogP contribution in [0.1, 0.15) is 42.5 Å². The molecule has 1 saturated carbocycles. The van der Waals surface area contributed by atoms with Crippen molar-refractivity contribution < 1.29 is 19.5 Å². The Morgan fingerprint density at radius 3 is 2.50 bits per heavy atom. The van der Waals surface area contributed by atoms with Crippen LogP contribution in [0.5, 0.6) is 0 Å². The molecule has 4 rings (SSSR count). The molecule has 7 nitrogen and oxygen atoms in total. The number of amides is 3. The third-order valence-corrected chi connectivity index (χ3v) is 5.89. The summed E-state index contributed by atoms with van der Waals surface area (Å²) in [4.78, 5) is 39.8. The zero-order valence-corrected chi connectivity index (χ0v) is 14.6. The number of carboxylic acids is 1. The van der Waals surface area contributed by atoms with Gasteiger partial charge >= 0.3 is 12.0 Å². The predicted molar refractivity (Wildman–Crippen MR) is 95.1 cm³/mol. The Hall–Kier alpha value is -2.57. The molecule has 2 aliphatic heterocycles. The summed E-state index contributed by atoms with van der Waals surface area (Å²) in [6.07, 6.45) is 4.59. The highest BCUT2D eigenvalue weighted by Crippen LogP contribution is 2.40. The van der Waals surface area contributed by atoms with Gasteiger partial charge in [-0.3, -0.25) is 9.69 Å². The van der Waals surface area contributed by atoms with Gasteiger partial charge in [0.15, 0.2) is 0 Å². The van der Waals surface area contributed by atoms with Crippen LogP contribution in [-0.4, -0.2) is 53.1 Å². The second kappa shape index (κ2) is 6.63. The van der Waals surface area contributed by atoms with E-state index in [9.17, 15) is 19.5 Å². The molecule has 2 N–H and O–H groups in total. The first-order valence-corrected chi connectivity index (χ1v) is 9.27. The lowest BCUT2D eigenvalue weighted by atomic mass is 9.84. The summed E-state index contributed by atoms with van der Waals surface area (Å²) in [7, 11) is 0. The maximum Gasteiger partial charge on any atom is 0.326 e. The lowest BCUT2D eigenvalue weighted by molar-refractivity contribution is -0.141. The van der Waals surface area contributed by atoms with Crippen LogP contribution in [0.2, 0.25) is 0 Å². The van der Waals surface area contributed by atoms with Crippen molar-refractivity contribution in [2.24, 2.45) is 5.92 Å². The highest BCUT2D eigenvalue weighted by molar-refractivity contribution is 5.99. The fraction of sp³-hybridized carbons (Fsp3) is 0.526. The number of nitrogens with one attached hydrogen (secondary N) is 1. The molecule has 3 amide bonds. The minimum Gasteiger partial charge on any atom is -0.480 e. The van der Waals surface area contributed by atoms with Crippen molar-refractivity contribution >= 4 is 23.6 Å². The van der Waals surface area contributed by atoms with Crippen molar-refractivity contribution in [1.29, 1.82) is 0 Å². The number of nitrogens with zero attached hydrogens (tertiary/aromatic N) is 2. The van der Waals surface area contributed by atoms with E-state index >= 15 is 0 Å². The highest BCUT2D eigenvalue weighted by atomic mass is 16.4. The van der Waals surface area contributed by atoms with Gasteiger partial charge in [0.2, 0.25) is 0 Å². The number of likely N-dealkylation sites (tertiary alicyclic amines) is 1. The summed E-state index contributed by atoms with van der Waals surface area (Å²) in [6.45, 7) is 1.21. The first-order chi connectivity index (χ1) is 12.6. The number of fused-ring (bicyclic) bond motifs is 1. The second-order valence-corrected chi connectivity index (χ2v) is 7.34. The first-order valence-electron chi connectivity index (χ1n) is 9.27. The van der Waals surface area contributed by atoms with E-state index < -0.39 is 12.0 Å². The van der Waals surface area contributed by atoms with Gasteiger partial charge in [-0.05, 0) is 49.4 Å². The third kappa shape index (κ3) is 2.81. The van der Waals surface area contributed by atoms with Gasteiger partial charge in [0.1, 0.15) is 6.04 Å². The van der Waals surface area contributed by atoms with Gasteiger partial charge in [-0.1, -0.05) is 12.8 Å². The Morgan fingerprint density at radius 1 is 1.12 bits per heavy atom. The van der Waals surface area contributed by atoms with Crippen LogP contribution in [0.3, 0.4) is 0 Å². The number of rotatable bonds is 3. The van der Waals surface area contributed by atoms with Crippen molar-refractivity contribution in [1.82, 2.24) is 10.2 Å². The van der Waals surface area contributed by atoms with Crippen molar-refractivity contribution in [3.63, 3.8) is 0 Å². The van der Waals surface area contributed by atoms with Crippen molar-refractivity contribution in [2.75, 3.05) is 18.0 Å². The molecule has 138 valence electrons. The summed E-state index contributed by atoms with van der Waals surface area (Å²) in [5.41, 5.74) is 1.22. The van der Waals surface area contributed by atoms with Gasteiger partial charge in [-0.2, -0.15) is 0 Å². The standard InChI is InChI=1S/C19H23N3O4/c23-17(12-5-7-14(8-6-12)21-10-9-20-19(21)26)22-15-4-2-1-3-13(15)11-16(22)18(24)25/h5-8,13,15-16H,1-4,9-11H2,(H,20,26)(H,24,25)/t13-,15+,16+/m1/s1. The summed E-state index contributed by atoms with van der Waals surface area (Å²) in [5, 5.41) is 12.3. The maximum absolute atomic E-state index is 13.1. The molecule has 0 radical (unpaired) electrons. The van der Waals surface area contributed by atoms with Crippen LogP contribution in [0.25, 0.3) is 0 Å². The summed E-state index contributed by atoms with van der Waals surface area (Å²) < 4.78 is 0. The SMILES string of the molecule is O=C(O)[C@@H]1C[C@H]2CCCC[C@@H]2N1C(=O)c1ccc(N2CCNC2=O)cc1. The molecule has 0 unspecified atom stereocenters. The number of carbonyl (C=O) groups excluding carboxylic acids is 2. The number of hydrogen-bond acceptors (Lipinski definition) is 3. The number of carbonyl (C=O) groups is 3. The summed E-state index contributed by atoms with van der Waals surface area (Å²) >= 11 is 0. The molecule has 3 atom stereocenters. The van der Waals surface area contributed by atoms with E-state index in [4.69, 9.17) is 0 Å². The fourth-order valence-electron chi connectivity index (χ4n) is 4.62. The molecule has 1 aliphatic carbocycles. The van der Waals surface area contributed by atoms with Gasteiger partial charge in [0.25, 0.3) is 5.91 Å². The van der Waals surface area contributed by atoms with Crippen LogP contribution >= 0.6 is 0 Å². The zero-order chi connectivity index (χ0) is 18.3. The van der Waals surface area contributed by atoms with Gasteiger partial charge in [-0.25, -0.2) is 9.59 Å². The molecule has 0 spiro atoms. The molecular weight excluding hydrogens is 334 g/mol. The van der Waals surface area contributed by atoms with E-state index in [-0.39, 0.29) is 18.0 Å². The highest BCUT2D eigenvalue weighted by Gasteiger charge is 2.47. The van der Waals surface area contributed by atoms with Crippen molar-refractivity contribution in [3.05, 3.63) is 29.8 Å². The van der Waals surface area contributed by atoms with Crippen molar-refractivity contribution in [2.45, 2.75) is 44.2 Å². The minimum atomic E-state index is -0.918. The quantitative estimate of drug-likeness (QED) is 0.867. The van der Waals surface area contributed by atoms with Crippen LogP contribution < -0.4 is 10.2 Å². The lowest BCUT2D eigenvalue weighted by Gasteiger charge is -2.33. The first kappa shape index (κ1) is 16.9. The molecule has 2 saturated heterocycles.